The maximum Gasteiger partial charge on any atom is 0.342 e. The molecule has 5 nitrogen and oxygen atoms in total. The molecule has 3 N–H and O–H groups in total. The zero-order chi connectivity index (χ0) is 20.5. The fraction of sp³-hybridized carbons (Fsp3) is 0.0556. The first-order valence-electron chi connectivity index (χ1n) is 7.81. The van der Waals surface area contributed by atoms with Gasteiger partial charge < -0.3 is 15.1 Å². The summed E-state index contributed by atoms with van der Waals surface area (Å²) >= 11 is 7.18. The Morgan fingerprint density at radius 2 is 2.00 bits per heavy atom. The van der Waals surface area contributed by atoms with Crippen molar-refractivity contribution in [3.63, 3.8) is 0 Å². The van der Waals surface area contributed by atoms with Crippen LogP contribution in [0.3, 0.4) is 0 Å². The number of hydrogen-bond donors (Lipinski definition) is 3. The lowest BCUT2D eigenvalue weighted by atomic mass is 10.1. The molecule has 0 fully saturated rings. The van der Waals surface area contributed by atoms with Crippen LogP contribution >= 0.6 is 30.5 Å². The van der Waals surface area contributed by atoms with Gasteiger partial charge in [0.15, 0.2) is 17.3 Å². The third-order valence-corrected chi connectivity index (χ3v) is 6.32. The summed E-state index contributed by atoms with van der Waals surface area (Å²) in [5.41, 5.74) is -1.76. The van der Waals surface area contributed by atoms with Crippen molar-refractivity contribution in [3.8, 4) is 0 Å². The Bertz CT molecular complexity index is 1130. The number of benzene rings is 2. The topological polar surface area (TPSA) is 86.6 Å². The molecule has 146 valence electrons. The summed E-state index contributed by atoms with van der Waals surface area (Å²) in [5.74, 6) is -3.14. The zero-order valence-corrected chi connectivity index (χ0v) is 16.4. The number of fused-ring (bicyclic) bond motifs is 1. The number of hydrogen-bond acceptors (Lipinski definition) is 3. The Balaban J connectivity index is 1.91. The Kier molecular flexibility index (Phi) is 5.98. The molecule has 0 radical (unpaired) electrons. The van der Waals surface area contributed by atoms with Crippen molar-refractivity contribution in [3.05, 3.63) is 75.8 Å². The molecule has 0 aliphatic rings. The molecule has 3 aromatic rings. The van der Waals surface area contributed by atoms with Crippen molar-refractivity contribution in [1.82, 2.24) is 5.32 Å². The Morgan fingerprint density at radius 1 is 1.25 bits per heavy atom. The molecule has 2 aromatic carbocycles. The summed E-state index contributed by atoms with van der Waals surface area (Å²) in [7, 11) is -4.89. The van der Waals surface area contributed by atoms with Gasteiger partial charge in [-0.25, -0.2) is 8.78 Å². The van der Waals surface area contributed by atoms with Crippen LogP contribution in [0.15, 0.2) is 48.0 Å². The lowest BCUT2D eigenvalue weighted by molar-refractivity contribution is -0.120. The van der Waals surface area contributed by atoms with Gasteiger partial charge in [0, 0.05) is 21.5 Å². The molecular weight excluding hydrogens is 431 g/mol. The van der Waals surface area contributed by atoms with E-state index in [-0.39, 0.29) is 11.1 Å². The minimum Gasteiger partial charge on any atom is -0.332 e. The van der Waals surface area contributed by atoms with Gasteiger partial charge in [-0.3, -0.25) is 9.36 Å². The minimum absolute atomic E-state index is 0.124. The summed E-state index contributed by atoms with van der Waals surface area (Å²) in [6.07, 6.45) is 2.10. The van der Waals surface area contributed by atoms with E-state index in [1.807, 2.05) is 0 Å². The predicted molar refractivity (Wildman–Crippen MR) is 105 cm³/mol. The number of nitrogens with one attached hydrogen (secondary N) is 1. The van der Waals surface area contributed by atoms with E-state index in [0.717, 1.165) is 18.3 Å². The monoisotopic (exact) mass is 443 g/mol. The summed E-state index contributed by atoms with van der Waals surface area (Å²) in [6, 6.07) is 8.37. The Labute approximate surface area is 167 Å². The fourth-order valence-electron chi connectivity index (χ4n) is 2.65. The van der Waals surface area contributed by atoms with Gasteiger partial charge in [0.05, 0.1) is 0 Å². The molecule has 1 unspecified atom stereocenters. The zero-order valence-electron chi connectivity index (χ0n) is 14.0. The molecule has 0 saturated carbocycles. The first kappa shape index (κ1) is 20.6. The van der Waals surface area contributed by atoms with Gasteiger partial charge in [-0.15, -0.1) is 11.3 Å². The van der Waals surface area contributed by atoms with Crippen molar-refractivity contribution in [1.29, 1.82) is 0 Å². The van der Waals surface area contributed by atoms with E-state index in [4.69, 9.17) is 11.6 Å². The molecule has 1 atom stereocenters. The Morgan fingerprint density at radius 3 is 2.71 bits per heavy atom. The van der Waals surface area contributed by atoms with E-state index < -0.39 is 30.8 Å². The smallest absolute Gasteiger partial charge is 0.332 e. The van der Waals surface area contributed by atoms with Gasteiger partial charge in [-0.1, -0.05) is 23.7 Å². The van der Waals surface area contributed by atoms with E-state index in [0.29, 0.717) is 15.1 Å². The second-order valence-corrected chi connectivity index (χ2v) is 8.85. The van der Waals surface area contributed by atoms with E-state index >= 15 is 0 Å². The van der Waals surface area contributed by atoms with Gasteiger partial charge in [-0.05, 0) is 46.7 Å². The minimum atomic E-state index is -4.89. The maximum absolute atomic E-state index is 13.6. The van der Waals surface area contributed by atoms with Crippen LogP contribution in [0.1, 0.15) is 16.8 Å². The molecule has 0 saturated heterocycles. The SMILES string of the molecule is O=C(NC=Cc1cccc(F)c1F)C(c1csc2ccc(Cl)cc12)P(=O)(O)O. The van der Waals surface area contributed by atoms with Crippen molar-refractivity contribution in [2.24, 2.45) is 0 Å². The number of rotatable bonds is 5. The summed E-state index contributed by atoms with van der Waals surface area (Å²) in [6.45, 7) is 0. The van der Waals surface area contributed by atoms with Gasteiger partial charge in [0.25, 0.3) is 0 Å². The molecule has 0 aliphatic heterocycles. The molecule has 0 aliphatic carbocycles. The van der Waals surface area contributed by atoms with Crippen LogP contribution in [0.4, 0.5) is 8.78 Å². The van der Waals surface area contributed by atoms with Crippen LogP contribution in [0, 0.1) is 11.6 Å². The summed E-state index contributed by atoms with van der Waals surface area (Å²) in [5, 5.41) is 4.53. The lowest BCUT2D eigenvalue weighted by Crippen LogP contribution is -2.25. The number of halogens is 3. The Hall–Kier alpha value is -2.09. The van der Waals surface area contributed by atoms with E-state index in [9.17, 15) is 27.9 Å². The molecule has 0 bridgehead atoms. The van der Waals surface area contributed by atoms with Crippen LogP contribution < -0.4 is 5.32 Å². The third-order valence-electron chi connectivity index (χ3n) is 3.91. The molecule has 1 aromatic heterocycles. The van der Waals surface area contributed by atoms with Crippen LogP contribution in [0.2, 0.25) is 5.02 Å². The molecular formula is C18H13ClF2NO4PS. The highest BCUT2D eigenvalue weighted by atomic mass is 35.5. The second kappa shape index (κ2) is 8.11. The normalized spacial score (nSPS) is 13.2. The first-order valence-corrected chi connectivity index (χ1v) is 10.7. The fourth-order valence-corrected chi connectivity index (χ4v) is 4.85. The highest BCUT2D eigenvalue weighted by Crippen LogP contribution is 2.54. The molecule has 1 amide bonds. The molecule has 1 heterocycles. The van der Waals surface area contributed by atoms with Crippen molar-refractivity contribution in [2.75, 3.05) is 0 Å². The third kappa shape index (κ3) is 4.32. The summed E-state index contributed by atoms with van der Waals surface area (Å²) in [4.78, 5) is 32.0. The van der Waals surface area contributed by atoms with Crippen molar-refractivity contribution < 1.29 is 27.9 Å². The quantitative estimate of drug-likeness (QED) is 0.492. The molecule has 10 heteroatoms. The van der Waals surface area contributed by atoms with Gasteiger partial charge in [0.2, 0.25) is 5.91 Å². The van der Waals surface area contributed by atoms with Crippen LogP contribution in [-0.2, 0) is 9.36 Å². The molecule has 28 heavy (non-hydrogen) atoms. The van der Waals surface area contributed by atoms with Gasteiger partial charge >= 0.3 is 7.60 Å². The predicted octanol–water partition coefficient (Wildman–Crippen LogP) is 4.84. The highest BCUT2D eigenvalue weighted by molar-refractivity contribution is 7.53. The number of thiophene rings is 1. The lowest BCUT2D eigenvalue weighted by Gasteiger charge is -2.16. The van der Waals surface area contributed by atoms with Crippen molar-refractivity contribution >= 4 is 52.6 Å². The second-order valence-electron chi connectivity index (χ2n) is 5.81. The van der Waals surface area contributed by atoms with Crippen LogP contribution in [-0.4, -0.2) is 15.7 Å². The van der Waals surface area contributed by atoms with Crippen molar-refractivity contribution in [2.45, 2.75) is 5.66 Å². The summed E-state index contributed by atoms with van der Waals surface area (Å²) < 4.78 is 39.6. The number of amides is 1. The average Bonchev–Trinajstić information content (AvgIpc) is 3.00. The van der Waals surface area contributed by atoms with E-state index in [1.165, 1.54) is 34.9 Å². The van der Waals surface area contributed by atoms with E-state index in [1.54, 1.807) is 12.1 Å². The average molecular weight is 444 g/mol. The van der Waals surface area contributed by atoms with Crippen LogP contribution in [0.25, 0.3) is 16.2 Å². The number of carbonyl (C=O) groups excluding carboxylic acids is 1. The molecule has 3 rings (SSSR count). The molecule has 0 spiro atoms. The standard InChI is InChI=1S/C18H13ClF2NO4PS/c19-11-4-5-15-12(8-11)13(9-28-15)17(27(24,25)26)18(23)22-7-6-10-2-1-3-14(20)16(10)21/h1-9,17H,(H,22,23)(H2,24,25,26). The van der Waals surface area contributed by atoms with Crippen LogP contribution in [0.5, 0.6) is 0 Å². The first-order chi connectivity index (χ1) is 13.2. The largest absolute Gasteiger partial charge is 0.342 e. The maximum atomic E-state index is 13.6. The van der Waals surface area contributed by atoms with E-state index in [2.05, 4.69) is 5.32 Å². The number of carbonyl (C=O) groups is 1. The van der Waals surface area contributed by atoms with Gasteiger partial charge in [0.1, 0.15) is 0 Å². The van der Waals surface area contributed by atoms with Gasteiger partial charge in [-0.2, -0.15) is 0 Å². The highest BCUT2D eigenvalue weighted by Gasteiger charge is 2.38.